The molecule has 1 aromatic heterocycles. The summed E-state index contributed by atoms with van der Waals surface area (Å²) in [7, 11) is 1.71. The zero-order chi connectivity index (χ0) is 28.6. The molecule has 5 N–H and O–H groups in total. The maximum Gasteiger partial charge on any atom is 0.352 e. The highest BCUT2D eigenvalue weighted by Crippen LogP contribution is 2.48. The van der Waals surface area contributed by atoms with Crippen LogP contribution in [0, 0.1) is 23.7 Å². The molecule has 5 rings (SSSR count). The van der Waals surface area contributed by atoms with Crippen LogP contribution in [0.4, 0.5) is 4.39 Å². The Balaban J connectivity index is 0.00000387. The number of hydrogen-bond donors (Lipinski definition) is 3. The lowest BCUT2D eigenvalue weighted by Gasteiger charge is -2.38. The first-order chi connectivity index (χ1) is 19.2. The number of primary amides is 1. The zero-order valence-corrected chi connectivity index (χ0v) is 24.3. The summed E-state index contributed by atoms with van der Waals surface area (Å²) in [6, 6.07) is 7.64. The Morgan fingerprint density at radius 1 is 1.07 bits per heavy atom. The molecule has 2 saturated carbocycles. The molecule has 1 aliphatic heterocycles. The number of amides is 2. The van der Waals surface area contributed by atoms with Crippen molar-refractivity contribution in [1.29, 1.82) is 0 Å². The highest BCUT2D eigenvalue weighted by molar-refractivity contribution is 5.95. The third-order valence-electron chi connectivity index (χ3n) is 9.88. The van der Waals surface area contributed by atoms with E-state index in [0.29, 0.717) is 37.6 Å². The largest absolute Gasteiger partial charge is 0.477 e. The minimum atomic E-state index is -1.09. The van der Waals surface area contributed by atoms with Gasteiger partial charge in [-0.3, -0.25) is 9.59 Å². The summed E-state index contributed by atoms with van der Waals surface area (Å²) in [6.07, 6.45) is 5.78. The van der Waals surface area contributed by atoms with Crippen molar-refractivity contribution in [3.05, 3.63) is 36.0 Å². The van der Waals surface area contributed by atoms with E-state index >= 15 is 0 Å². The number of rotatable bonds is 8. The standard InChI is InChI=1S/C30H41FN4O5.ClH/c1-40-21-12-10-17(11-13-21)22-15-26(34-24-5-3-2-4-20(24)14-25(34)30(38)39)35(27(22)28(33)36)29(37)19-8-6-18(7-9-19)23(32)16-31;/h2-5,14,17-19,21-23,26-27H,6-13,15-16,32H2,1H3,(H2,33,36)(H,38,39);1H/t17?,18?,19?,21?,22-,23+,26?,27-;/m0./s1. The molecule has 11 heteroatoms. The van der Waals surface area contributed by atoms with Crippen LogP contribution in [-0.4, -0.2) is 64.3 Å². The van der Waals surface area contributed by atoms with E-state index in [0.717, 1.165) is 31.1 Å². The van der Waals surface area contributed by atoms with Crippen LogP contribution in [0.15, 0.2) is 30.3 Å². The van der Waals surface area contributed by atoms with E-state index < -0.39 is 36.8 Å². The smallest absolute Gasteiger partial charge is 0.352 e. The predicted molar refractivity (Wildman–Crippen MR) is 155 cm³/mol. The SMILES string of the molecule is COC1CCC([C@@H]2CC(n3c(C(=O)O)cc4ccccc43)N(C(=O)C3CCC([C@H](N)CF)CC3)[C@@H]2C(N)=O)CC1.Cl. The van der Waals surface area contributed by atoms with Gasteiger partial charge in [0, 0.05) is 24.5 Å². The van der Waals surface area contributed by atoms with Crippen LogP contribution in [0.2, 0.25) is 0 Å². The molecule has 1 aromatic carbocycles. The molecule has 3 fully saturated rings. The fourth-order valence-electron chi connectivity index (χ4n) is 7.73. The van der Waals surface area contributed by atoms with Gasteiger partial charge in [0.15, 0.2) is 0 Å². The van der Waals surface area contributed by atoms with Crippen molar-refractivity contribution >= 4 is 41.1 Å². The average Bonchev–Trinajstić information content (AvgIpc) is 3.56. The van der Waals surface area contributed by atoms with Gasteiger partial charge in [0.2, 0.25) is 11.8 Å². The highest BCUT2D eigenvalue weighted by Gasteiger charge is 2.52. The minimum absolute atomic E-state index is 0. The number of carboxylic acids is 1. The van der Waals surface area contributed by atoms with E-state index in [1.54, 1.807) is 22.6 Å². The Bertz CT molecular complexity index is 1240. The maximum atomic E-state index is 14.3. The summed E-state index contributed by atoms with van der Waals surface area (Å²) in [5.41, 5.74) is 12.8. The van der Waals surface area contributed by atoms with Gasteiger partial charge in [0.05, 0.1) is 11.6 Å². The van der Waals surface area contributed by atoms with Crippen LogP contribution < -0.4 is 11.5 Å². The van der Waals surface area contributed by atoms with E-state index in [4.69, 9.17) is 16.2 Å². The van der Waals surface area contributed by atoms with Crippen LogP contribution in [0.3, 0.4) is 0 Å². The zero-order valence-electron chi connectivity index (χ0n) is 23.5. The van der Waals surface area contributed by atoms with Crippen molar-refractivity contribution in [2.24, 2.45) is 35.1 Å². The highest BCUT2D eigenvalue weighted by atomic mass is 35.5. The number of carbonyl (C=O) groups is 3. The average molecular weight is 593 g/mol. The third kappa shape index (κ3) is 5.96. The Kier molecular flexibility index (Phi) is 9.97. The number of methoxy groups -OCH3 is 1. The van der Waals surface area contributed by atoms with Gasteiger partial charge >= 0.3 is 5.97 Å². The number of carbonyl (C=O) groups excluding carboxylic acids is 2. The number of ether oxygens (including phenoxy) is 1. The molecule has 2 aliphatic carbocycles. The Morgan fingerprint density at radius 3 is 2.32 bits per heavy atom. The van der Waals surface area contributed by atoms with E-state index in [-0.39, 0.29) is 53.8 Å². The Labute approximate surface area is 246 Å². The van der Waals surface area contributed by atoms with E-state index in [1.165, 1.54) is 0 Å². The van der Waals surface area contributed by atoms with E-state index in [9.17, 15) is 23.9 Å². The summed E-state index contributed by atoms with van der Waals surface area (Å²) in [5.74, 6) is -2.19. The van der Waals surface area contributed by atoms with Crippen LogP contribution >= 0.6 is 12.4 Å². The van der Waals surface area contributed by atoms with Crippen molar-refractivity contribution in [2.45, 2.75) is 82.1 Å². The number of halogens is 2. The van der Waals surface area contributed by atoms with Gasteiger partial charge in [-0.2, -0.15) is 0 Å². The molecule has 1 unspecified atom stereocenters. The first-order valence-corrected chi connectivity index (χ1v) is 14.5. The number of aromatic nitrogens is 1. The summed E-state index contributed by atoms with van der Waals surface area (Å²) in [5, 5.41) is 10.9. The topological polar surface area (TPSA) is 141 Å². The molecule has 3 aliphatic rings. The van der Waals surface area contributed by atoms with Gasteiger partial charge in [-0.05, 0) is 87.7 Å². The second-order valence-corrected chi connectivity index (χ2v) is 11.9. The number of aromatic carboxylic acids is 1. The number of carboxylic acid groups (broad SMARTS) is 1. The quantitative estimate of drug-likeness (QED) is 0.418. The molecule has 1 saturated heterocycles. The number of benzene rings is 1. The monoisotopic (exact) mass is 592 g/mol. The van der Waals surface area contributed by atoms with Crippen molar-refractivity contribution in [2.75, 3.05) is 13.8 Å². The van der Waals surface area contributed by atoms with Crippen molar-refractivity contribution in [1.82, 2.24) is 9.47 Å². The Morgan fingerprint density at radius 2 is 1.73 bits per heavy atom. The second kappa shape index (κ2) is 13.1. The lowest BCUT2D eigenvalue weighted by atomic mass is 9.75. The summed E-state index contributed by atoms with van der Waals surface area (Å²) in [6.45, 7) is -0.590. The van der Waals surface area contributed by atoms with Crippen LogP contribution in [0.5, 0.6) is 0 Å². The van der Waals surface area contributed by atoms with Gasteiger partial charge in [-0.15, -0.1) is 12.4 Å². The predicted octanol–water partition coefficient (Wildman–Crippen LogP) is 4.27. The molecule has 226 valence electrons. The number of nitrogens with zero attached hydrogens (tertiary/aromatic N) is 2. The molecular formula is C30H42ClFN4O5. The van der Waals surface area contributed by atoms with Crippen LogP contribution in [-0.2, 0) is 14.3 Å². The second-order valence-electron chi connectivity index (χ2n) is 11.9. The van der Waals surface area contributed by atoms with Gasteiger partial charge in [0.25, 0.3) is 0 Å². The fourth-order valence-corrected chi connectivity index (χ4v) is 7.73. The lowest BCUT2D eigenvalue weighted by molar-refractivity contribution is -0.146. The normalized spacial score (nSPS) is 31.0. The molecule has 41 heavy (non-hydrogen) atoms. The molecule has 2 heterocycles. The van der Waals surface area contributed by atoms with Gasteiger partial charge < -0.3 is 30.8 Å². The molecule has 0 radical (unpaired) electrons. The number of fused-ring (bicyclic) bond motifs is 1. The van der Waals surface area contributed by atoms with E-state index in [1.807, 2.05) is 24.3 Å². The maximum absolute atomic E-state index is 14.3. The fraction of sp³-hybridized carbons (Fsp3) is 0.633. The number of nitrogens with two attached hydrogens (primary N) is 2. The first-order valence-electron chi connectivity index (χ1n) is 14.5. The van der Waals surface area contributed by atoms with Crippen molar-refractivity contribution in [3.63, 3.8) is 0 Å². The summed E-state index contributed by atoms with van der Waals surface area (Å²) < 4.78 is 20.5. The molecule has 9 nitrogen and oxygen atoms in total. The lowest BCUT2D eigenvalue weighted by Crippen LogP contribution is -2.52. The summed E-state index contributed by atoms with van der Waals surface area (Å²) in [4.78, 5) is 41.6. The van der Waals surface area contributed by atoms with Crippen molar-refractivity contribution < 1.29 is 28.6 Å². The van der Waals surface area contributed by atoms with Crippen LogP contribution in [0.1, 0.15) is 74.4 Å². The molecule has 2 amide bonds. The number of likely N-dealkylation sites (tertiary alicyclic amines) is 1. The van der Waals surface area contributed by atoms with Gasteiger partial charge in [-0.25, -0.2) is 9.18 Å². The number of para-hydroxylation sites is 1. The minimum Gasteiger partial charge on any atom is -0.477 e. The number of alkyl halides is 1. The van der Waals surface area contributed by atoms with Gasteiger partial charge in [-0.1, -0.05) is 18.2 Å². The first kappa shape index (κ1) is 31.3. The van der Waals surface area contributed by atoms with Crippen molar-refractivity contribution in [3.8, 4) is 0 Å². The Hall–Kier alpha value is -2.69. The van der Waals surface area contributed by atoms with Gasteiger partial charge in [0.1, 0.15) is 24.6 Å². The molecule has 0 bridgehead atoms. The summed E-state index contributed by atoms with van der Waals surface area (Å²) >= 11 is 0. The number of hydrogen-bond acceptors (Lipinski definition) is 5. The molecule has 2 aromatic rings. The molecular weight excluding hydrogens is 551 g/mol. The third-order valence-corrected chi connectivity index (χ3v) is 9.88. The van der Waals surface area contributed by atoms with E-state index in [2.05, 4.69) is 0 Å². The molecule has 4 atom stereocenters. The molecule has 0 spiro atoms. The van der Waals surface area contributed by atoms with Crippen LogP contribution in [0.25, 0.3) is 10.9 Å².